The lowest BCUT2D eigenvalue weighted by Crippen LogP contribution is -2.26. The van der Waals surface area contributed by atoms with Gasteiger partial charge in [0.25, 0.3) is 0 Å². The zero-order valence-electron chi connectivity index (χ0n) is 9.13. The third-order valence-corrected chi connectivity index (χ3v) is 3.67. The molecule has 2 aromatic heterocycles. The fourth-order valence-electron chi connectivity index (χ4n) is 1.79. The average molecular weight is 234 g/mol. The Morgan fingerprint density at radius 2 is 2.44 bits per heavy atom. The molecule has 0 spiro atoms. The SMILES string of the molecule is Cn1cncc1C(NC1CC1)c1nccs1. The molecule has 2 aromatic rings. The highest BCUT2D eigenvalue weighted by Crippen LogP contribution is 2.29. The Labute approximate surface area is 98.4 Å². The Kier molecular flexibility index (Phi) is 2.49. The van der Waals surface area contributed by atoms with E-state index in [2.05, 4.69) is 19.9 Å². The average Bonchev–Trinajstić information content (AvgIpc) is 2.80. The van der Waals surface area contributed by atoms with Gasteiger partial charge in [0.1, 0.15) is 11.0 Å². The van der Waals surface area contributed by atoms with E-state index >= 15 is 0 Å². The minimum absolute atomic E-state index is 0.194. The molecule has 1 saturated carbocycles. The van der Waals surface area contributed by atoms with Crippen LogP contribution in [0.25, 0.3) is 0 Å². The number of aromatic nitrogens is 3. The summed E-state index contributed by atoms with van der Waals surface area (Å²) in [7, 11) is 2.03. The van der Waals surface area contributed by atoms with E-state index in [-0.39, 0.29) is 6.04 Å². The maximum Gasteiger partial charge on any atom is 0.116 e. The summed E-state index contributed by atoms with van der Waals surface area (Å²) in [6.45, 7) is 0. The molecular formula is C11H14N4S. The van der Waals surface area contributed by atoms with Gasteiger partial charge in [-0.2, -0.15) is 0 Å². The van der Waals surface area contributed by atoms with Crippen molar-refractivity contribution < 1.29 is 0 Å². The first-order valence-corrected chi connectivity index (χ1v) is 6.34. The molecule has 1 aliphatic carbocycles. The summed E-state index contributed by atoms with van der Waals surface area (Å²) < 4.78 is 2.06. The van der Waals surface area contributed by atoms with Gasteiger partial charge in [0.05, 0.1) is 18.2 Å². The smallest absolute Gasteiger partial charge is 0.116 e. The van der Waals surface area contributed by atoms with Crippen LogP contribution < -0.4 is 5.32 Å². The zero-order chi connectivity index (χ0) is 11.0. The normalized spacial score (nSPS) is 17.6. The first kappa shape index (κ1) is 9.99. The van der Waals surface area contributed by atoms with E-state index in [0.717, 1.165) is 5.01 Å². The van der Waals surface area contributed by atoms with Crippen LogP contribution in [0.2, 0.25) is 0 Å². The number of imidazole rings is 1. The third-order valence-electron chi connectivity index (χ3n) is 2.83. The molecule has 84 valence electrons. The Morgan fingerprint density at radius 1 is 1.56 bits per heavy atom. The van der Waals surface area contributed by atoms with Gasteiger partial charge in [0.2, 0.25) is 0 Å². The van der Waals surface area contributed by atoms with Gasteiger partial charge in [-0.3, -0.25) is 0 Å². The summed E-state index contributed by atoms with van der Waals surface area (Å²) in [5.41, 5.74) is 1.18. The Balaban J connectivity index is 1.92. The lowest BCUT2D eigenvalue weighted by atomic mass is 10.2. The van der Waals surface area contributed by atoms with Crippen molar-refractivity contribution in [3.05, 3.63) is 34.8 Å². The highest BCUT2D eigenvalue weighted by molar-refractivity contribution is 7.09. The summed E-state index contributed by atoms with van der Waals surface area (Å²) >= 11 is 1.69. The molecule has 1 N–H and O–H groups in total. The van der Waals surface area contributed by atoms with Crippen molar-refractivity contribution in [3.8, 4) is 0 Å². The summed E-state index contributed by atoms with van der Waals surface area (Å²) in [4.78, 5) is 8.59. The third kappa shape index (κ3) is 1.88. The van der Waals surface area contributed by atoms with Gasteiger partial charge in [-0.1, -0.05) is 0 Å². The molecular weight excluding hydrogens is 220 g/mol. The molecule has 2 heterocycles. The molecule has 1 aliphatic rings. The van der Waals surface area contributed by atoms with Crippen molar-refractivity contribution in [2.75, 3.05) is 0 Å². The monoisotopic (exact) mass is 234 g/mol. The molecule has 3 rings (SSSR count). The minimum atomic E-state index is 0.194. The second-order valence-corrected chi connectivity index (χ2v) is 5.10. The zero-order valence-corrected chi connectivity index (χ0v) is 9.94. The Hall–Kier alpha value is -1.20. The number of hydrogen-bond donors (Lipinski definition) is 1. The van der Waals surface area contributed by atoms with Crippen LogP contribution in [0.15, 0.2) is 24.1 Å². The summed E-state index contributed by atoms with van der Waals surface area (Å²) in [6.07, 6.45) is 8.17. The lowest BCUT2D eigenvalue weighted by Gasteiger charge is -2.16. The number of rotatable bonds is 4. The maximum atomic E-state index is 4.41. The van der Waals surface area contributed by atoms with Gasteiger partial charge >= 0.3 is 0 Å². The summed E-state index contributed by atoms with van der Waals surface area (Å²) in [6, 6.07) is 0.851. The number of nitrogens with zero attached hydrogens (tertiary/aromatic N) is 3. The van der Waals surface area contributed by atoms with Gasteiger partial charge in [-0.15, -0.1) is 11.3 Å². The minimum Gasteiger partial charge on any atom is -0.336 e. The van der Waals surface area contributed by atoms with Crippen molar-refractivity contribution in [1.29, 1.82) is 0 Å². The molecule has 5 heteroatoms. The van der Waals surface area contributed by atoms with Gasteiger partial charge in [0, 0.05) is 24.7 Å². The van der Waals surface area contributed by atoms with Gasteiger partial charge in [0.15, 0.2) is 0 Å². The molecule has 1 atom stereocenters. The van der Waals surface area contributed by atoms with Crippen LogP contribution in [0.3, 0.4) is 0 Å². The van der Waals surface area contributed by atoms with Crippen LogP contribution in [0.4, 0.5) is 0 Å². The molecule has 0 bridgehead atoms. The first-order chi connectivity index (χ1) is 7.84. The van der Waals surface area contributed by atoms with Crippen LogP contribution in [0.5, 0.6) is 0 Å². The number of thiazole rings is 1. The maximum absolute atomic E-state index is 4.41. The van der Waals surface area contributed by atoms with Crippen LogP contribution in [-0.4, -0.2) is 20.6 Å². The second-order valence-electron chi connectivity index (χ2n) is 4.17. The van der Waals surface area contributed by atoms with Crippen LogP contribution >= 0.6 is 11.3 Å². The molecule has 0 aliphatic heterocycles. The van der Waals surface area contributed by atoms with Crippen molar-refractivity contribution in [3.63, 3.8) is 0 Å². The molecule has 16 heavy (non-hydrogen) atoms. The number of nitrogens with one attached hydrogen (secondary N) is 1. The fourth-order valence-corrected chi connectivity index (χ4v) is 2.50. The molecule has 1 fully saturated rings. The van der Waals surface area contributed by atoms with Crippen molar-refractivity contribution in [1.82, 2.24) is 19.9 Å². The van der Waals surface area contributed by atoms with Crippen LogP contribution in [0, 0.1) is 0 Å². The van der Waals surface area contributed by atoms with E-state index in [1.165, 1.54) is 18.5 Å². The highest BCUT2D eigenvalue weighted by Gasteiger charge is 2.28. The van der Waals surface area contributed by atoms with E-state index < -0.39 is 0 Å². The fraction of sp³-hybridized carbons (Fsp3) is 0.455. The van der Waals surface area contributed by atoms with Crippen molar-refractivity contribution >= 4 is 11.3 Å². The standard InChI is InChI=1S/C11H14N4S/c1-15-7-12-6-9(15)10(14-8-2-3-8)11-13-4-5-16-11/h4-8,10,14H,2-3H2,1H3. The van der Waals surface area contributed by atoms with E-state index in [0.29, 0.717) is 6.04 Å². The lowest BCUT2D eigenvalue weighted by molar-refractivity contribution is 0.567. The van der Waals surface area contributed by atoms with E-state index in [1.54, 1.807) is 11.3 Å². The van der Waals surface area contributed by atoms with E-state index in [1.807, 2.05) is 31.1 Å². The number of hydrogen-bond acceptors (Lipinski definition) is 4. The second kappa shape index (κ2) is 3.99. The predicted molar refractivity (Wildman–Crippen MR) is 63.3 cm³/mol. The Morgan fingerprint density at radius 3 is 3.00 bits per heavy atom. The summed E-state index contributed by atoms with van der Waals surface area (Å²) in [5, 5.41) is 6.77. The van der Waals surface area contributed by atoms with Crippen molar-refractivity contribution in [2.45, 2.75) is 24.9 Å². The molecule has 1 unspecified atom stereocenters. The van der Waals surface area contributed by atoms with Gasteiger partial charge in [-0.05, 0) is 12.8 Å². The van der Waals surface area contributed by atoms with E-state index in [9.17, 15) is 0 Å². The molecule has 0 saturated heterocycles. The van der Waals surface area contributed by atoms with E-state index in [4.69, 9.17) is 0 Å². The molecule has 0 amide bonds. The van der Waals surface area contributed by atoms with Crippen LogP contribution in [-0.2, 0) is 7.05 Å². The van der Waals surface area contributed by atoms with Gasteiger partial charge < -0.3 is 9.88 Å². The Bertz CT molecular complexity index is 458. The topological polar surface area (TPSA) is 42.7 Å². The van der Waals surface area contributed by atoms with Crippen molar-refractivity contribution in [2.24, 2.45) is 7.05 Å². The molecule has 0 radical (unpaired) electrons. The molecule has 0 aromatic carbocycles. The molecule has 4 nitrogen and oxygen atoms in total. The number of aryl methyl sites for hydroxylation is 1. The van der Waals surface area contributed by atoms with Gasteiger partial charge in [-0.25, -0.2) is 9.97 Å². The highest BCUT2D eigenvalue weighted by atomic mass is 32.1. The summed E-state index contributed by atoms with van der Waals surface area (Å²) in [5.74, 6) is 0. The predicted octanol–water partition coefficient (Wildman–Crippen LogP) is 1.72. The first-order valence-electron chi connectivity index (χ1n) is 5.46. The van der Waals surface area contributed by atoms with Crippen LogP contribution in [0.1, 0.15) is 29.6 Å². The quantitative estimate of drug-likeness (QED) is 0.876. The largest absolute Gasteiger partial charge is 0.336 e.